The van der Waals surface area contributed by atoms with Crippen LogP contribution in [0.1, 0.15) is 13.3 Å². The number of sulfonamides is 1. The lowest BCUT2D eigenvalue weighted by Crippen LogP contribution is -2.39. The molecule has 0 aliphatic carbocycles. The van der Waals surface area contributed by atoms with Crippen molar-refractivity contribution in [3.05, 3.63) is 0 Å². The SMILES string of the molecule is CCS(=O)(=O)N1CCC(O)(CO)C1. The average molecular weight is 209 g/mol. The Bertz CT molecular complexity index is 276. The number of rotatable bonds is 3. The van der Waals surface area contributed by atoms with E-state index >= 15 is 0 Å². The van der Waals surface area contributed by atoms with Crippen molar-refractivity contribution >= 4 is 10.0 Å². The standard InChI is InChI=1S/C7H15NO4S/c1-2-13(11,12)8-4-3-7(10,5-8)6-9/h9-10H,2-6H2,1H3. The molecule has 0 spiro atoms. The van der Waals surface area contributed by atoms with Gasteiger partial charge >= 0.3 is 0 Å². The lowest BCUT2D eigenvalue weighted by Gasteiger charge is -2.20. The minimum atomic E-state index is -3.22. The molecule has 6 heteroatoms. The van der Waals surface area contributed by atoms with E-state index in [0.717, 1.165) is 0 Å². The fourth-order valence-electron chi connectivity index (χ4n) is 1.37. The third kappa shape index (κ3) is 2.19. The third-order valence-electron chi connectivity index (χ3n) is 2.35. The molecule has 0 saturated carbocycles. The molecule has 1 aliphatic rings. The highest BCUT2D eigenvalue weighted by atomic mass is 32.2. The Morgan fingerprint density at radius 1 is 1.54 bits per heavy atom. The summed E-state index contributed by atoms with van der Waals surface area (Å²) in [5.74, 6) is 0.0362. The van der Waals surface area contributed by atoms with Crippen molar-refractivity contribution in [3.8, 4) is 0 Å². The van der Waals surface area contributed by atoms with E-state index in [1.807, 2.05) is 0 Å². The molecule has 1 unspecified atom stereocenters. The van der Waals surface area contributed by atoms with Gasteiger partial charge < -0.3 is 10.2 Å². The van der Waals surface area contributed by atoms with Gasteiger partial charge in [-0.05, 0) is 13.3 Å². The maximum atomic E-state index is 11.3. The molecule has 1 atom stereocenters. The Hall–Kier alpha value is -0.170. The molecular formula is C7H15NO4S. The zero-order chi connectivity index (χ0) is 10.1. The smallest absolute Gasteiger partial charge is 0.213 e. The van der Waals surface area contributed by atoms with Gasteiger partial charge in [0.25, 0.3) is 0 Å². The Morgan fingerprint density at radius 3 is 2.54 bits per heavy atom. The first-order chi connectivity index (χ1) is 5.93. The van der Waals surface area contributed by atoms with E-state index in [2.05, 4.69) is 0 Å². The Labute approximate surface area is 78.0 Å². The van der Waals surface area contributed by atoms with Crippen molar-refractivity contribution in [2.75, 3.05) is 25.4 Å². The van der Waals surface area contributed by atoms with Crippen molar-refractivity contribution < 1.29 is 18.6 Å². The maximum absolute atomic E-state index is 11.3. The molecule has 1 saturated heterocycles. The molecule has 78 valence electrons. The van der Waals surface area contributed by atoms with E-state index in [4.69, 9.17) is 5.11 Å². The molecule has 0 aromatic rings. The number of aliphatic hydroxyl groups is 2. The Kier molecular flexibility index (Phi) is 2.96. The molecule has 1 heterocycles. The lowest BCUT2D eigenvalue weighted by atomic mass is 10.1. The van der Waals surface area contributed by atoms with Crippen LogP contribution in [0.2, 0.25) is 0 Å². The van der Waals surface area contributed by atoms with Crippen LogP contribution in [0.4, 0.5) is 0 Å². The van der Waals surface area contributed by atoms with Gasteiger partial charge in [-0.25, -0.2) is 8.42 Å². The van der Waals surface area contributed by atoms with Crippen LogP contribution in [0.15, 0.2) is 0 Å². The minimum absolute atomic E-state index is 0.0136. The van der Waals surface area contributed by atoms with E-state index in [9.17, 15) is 13.5 Å². The van der Waals surface area contributed by atoms with Gasteiger partial charge in [-0.3, -0.25) is 0 Å². The summed E-state index contributed by atoms with van der Waals surface area (Å²) in [5.41, 5.74) is -1.23. The predicted octanol–water partition coefficient (Wildman–Crippen LogP) is -1.23. The summed E-state index contributed by atoms with van der Waals surface area (Å²) in [5, 5.41) is 18.4. The second-order valence-corrected chi connectivity index (χ2v) is 5.62. The summed E-state index contributed by atoms with van der Waals surface area (Å²) in [6, 6.07) is 0. The third-order valence-corrected chi connectivity index (χ3v) is 4.18. The van der Waals surface area contributed by atoms with Gasteiger partial charge in [-0.2, -0.15) is 4.31 Å². The van der Waals surface area contributed by atoms with Crippen LogP contribution in [-0.4, -0.2) is 54.0 Å². The molecular weight excluding hydrogens is 194 g/mol. The molecule has 5 nitrogen and oxygen atoms in total. The summed E-state index contributed by atoms with van der Waals surface area (Å²) in [4.78, 5) is 0. The van der Waals surface area contributed by atoms with Gasteiger partial charge in [-0.15, -0.1) is 0 Å². The Balaban J connectivity index is 2.71. The summed E-state index contributed by atoms with van der Waals surface area (Å²) in [6.45, 7) is 1.49. The molecule has 0 amide bonds. The van der Waals surface area contributed by atoms with Gasteiger partial charge in [0.05, 0.1) is 12.4 Å². The van der Waals surface area contributed by atoms with Gasteiger partial charge in [0.2, 0.25) is 10.0 Å². The first-order valence-corrected chi connectivity index (χ1v) is 5.85. The fourth-order valence-corrected chi connectivity index (χ4v) is 2.54. The number of hydrogen-bond donors (Lipinski definition) is 2. The van der Waals surface area contributed by atoms with E-state index in [-0.39, 0.29) is 18.9 Å². The highest BCUT2D eigenvalue weighted by Crippen LogP contribution is 2.23. The van der Waals surface area contributed by atoms with Gasteiger partial charge in [0, 0.05) is 13.1 Å². The zero-order valence-electron chi connectivity index (χ0n) is 7.60. The fraction of sp³-hybridized carbons (Fsp3) is 1.00. The lowest BCUT2D eigenvalue weighted by molar-refractivity contribution is -0.000725. The monoisotopic (exact) mass is 209 g/mol. The molecule has 2 N–H and O–H groups in total. The van der Waals surface area contributed by atoms with Crippen LogP contribution in [0.5, 0.6) is 0 Å². The molecule has 0 radical (unpaired) electrons. The van der Waals surface area contributed by atoms with Crippen LogP contribution >= 0.6 is 0 Å². The highest BCUT2D eigenvalue weighted by molar-refractivity contribution is 7.89. The highest BCUT2D eigenvalue weighted by Gasteiger charge is 2.39. The summed E-state index contributed by atoms with van der Waals surface area (Å²) in [6.07, 6.45) is 0.308. The zero-order valence-corrected chi connectivity index (χ0v) is 8.42. The molecule has 0 bridgehead atoms. The molecule has 0 aromatic heterocycles. The largest absolute Gasteiger partial charge is 0.393 e. The average Bonchev–Trinajstić information content (AvgIpc) is 2.50. The molecule has 1 fully saturated rings. The van der Waals surface area contributed by atoms with Crippen molar-refractivity contribution in [1.82, 2.24) is 4.31 Å². The first-order valence-electron chi connectivity index (χ1n) is 4.24. The second kappa shape index (κ2) is 3.53. The second-order valence-electron chi connectivity index (χ2n) is 3.37. The molecule has 1 rings (SSSR count). The van der Waals surface area contributed by atoms with Crippen LogP contribution in [0.25, 0.3) is 0 Å². The molecule has 1 aliphatic heterocycles. The first kappa shape index (κ1) is 10.9. The maximum Gasteiger partial charge on any atom is 0.213 e. The van der Waals surface area contributed by atoms with Crippen molar-refractivity contribution in [3.63, 3.8) is 0 Å². The quantitative estimate of drug-likeness (QED) is 0.610. The van der Waals surface area contributed by atoms with Gasteiger partial charge in [-0.1, -0.05) is 0 Å². The summed E-state index contributed by atoms with van der Waals surface area (Å²) < 4.78 is 23.9. The van der Waals surface area contributed by atoms with Crippen molar-refractivity contribution in [2.45, 2.75) is 18.9 Å². The minimum Gasteiger partial charge on any atom is -0.393 e. The number of nitrogens with zero attached hydrogens (tertiary/aromatic N) is 1. The van der Waals surface area contributed by atoms with Crippen molar-refractivity contribution in [2.24, 2.45) is 0 Å². The summed E-state index contributed by atoms with van der Waals surface area (Å²) >= 11 is 0. The van der Waals surface area contributed by atoms with E-state index in [1.54, 1.807) is 6.92 Å². The van der Waals surface area contributed by atoms with E-state index < -0.39 is 15.6 Å². The van der Waals surface area contributed by atoms with Crippen LogP contribution in [0, 0.1) is 0 Å². The predicted molar refractivity (Wildman–Crippen MR) is 47.7 cm³/mol. The normalized spacial score (nSPS) is 31.0. The number of β-amino-alcohol motifs (C(OH)–C–C–N with tert-alkyl or cyclic N) is 1. The van der Waals surface area contributed by atoms with Crippen LogP contribution in [0.3, 0.4) is 0 Å². The Morgan fingerprint density at radius 2 is 2.15 bits per heavy atom. The van der Waals surface area contributed by atoms with Crippen LogP contribution < -0.4 is 0 Å². The molecule has 0 aromatic carbocycles. The summed E-state index contributed by atoms with van der Waals surface area (Å²) in [7, 11) is -3.22. The van der Waals surface area contributed by atoms with Gasteiger partial charge in [0.15, 0.2) is 0 Å². The van der Waals surface area contributed by atoms with Crippen molar-refractivity contribution in [1.29, 1.82) is 0 Å². The number of aliphatic hydroxyl groups excluding tert-OH is 1. The molecule has 13 heavy (non-hydrogen) atoms. The van der Waals surface area contributed by atoms with Gasteiger partial charge in [0.1, 0.15) is 5.60 Å². The van der Waals surface area contributed by atoms with E-state index in [1.165, 1.54) is 4.31 Å². The van der Waals surface area contributed by atoms with E-state index in [0.29, 0.717) is 13.0 Å². The number of hydrogen-bond acceptors (Lipinski definition) is 4. The topological polar surface area (TPSA) is 77.8 Å². The van der Waals surface area contributed by atoms with Crippen LogP contribution in [-0.2, 0) is 10.0 Å².